The van der Waals surface area contributed by atoms with Gasteiger partial charge in [0.25, 0.3) is 0 Å². The van der Waals surface area contributed by atoms with E-state index in [-0.39, 0.29) is 17.8 Å². The molecule has 0 bridgehead atoms. The lowest BCUT2D eigenvalue weighted by molar-refractivity contribution is 0.0568. The van der Waals surface area contributed by atoms with E-state index in [4.69, 9.17) is 9.15 Å². The lowest BCUT2D eigenvalue weighted by Gasteiger charge is -2.34. The Morgan fingerprint density at radius 3 is 2.78 bits per heavy atom. The molecule has 0 N–H and O–H groups in total. The Labute approximate surface area is 135 Å². The summed E-state index contributed by atoms with van der Waals surface area (Å²) >= 11 is 0. The minimum atomic E-state index is -0.163. The van der Waals surface area contributed by atoms with Gasteiger partial charge in [-0.15, -0.1) is 10.2 Å². The van der Waals surface area contributed by atoms with Crippen LogP contribution in [-0.4, -0.2) is 40.7 Å². The van der Waals surface area contributed by atoms with Gasteiger partial charge in [0.2, 0.25) is 5.89 Å². The molecule has 3 rings (SSSR count). The summed E-state index contributed by atoms with van der Waals surface area (Å²) in [6, 6.07) is 7.57. The molecule has 1 amide bonds. The Balaban J connectivity index is 1.78. The third-order valence-electron chi connectivity index (χ3n) is 4.30. The lowest BCUT2D eigenvalue weighted by Crippen LogP contribution is -2.43. The first-order valence-corrected chi connectivity index (χ1v) is 8.01. The second kappa shape index (κ2) is 6.81. The van der Waals surface area contributed by atoms with Crippen molar-refractivity contribution >= 4 is 5.91 Å². The van der Waals surface area contributed by atoms with Crippen LogP contribution in [-0.2, 0) is 0 Å². The zero-order valence-corrected chi connectivity index (χ0v) is 13.5. The van der Waals surface area contributed by atoms with Crippen molar-refractivity contribution in [1.82, 2.24) is 15.1 Å². The molecule has 1 aliphatic rings. The van der Waals surface area contributed by atoms with E-state index in [0.717, 1.165) is 37.1 Å². The van der Waals surface area contributed by atoms with E-state index in [1.807, 2.05) is 29.2 Å². The smallest absolute Gasteiger partial charge is 0.311 e. The minimum Gasteiger partial charge on any atom is -0.497 e. The first-order chi connectivity index (χ1) is 11.2. The molecule has 0 radical (unpaired) electrons. The molecular formula is C17H21N3O3. The van der Waals surface area contributed by atoms with Crippen LogP contribution in [0.4, 0.5) is 0 Å². The van der Waals surface area contributed by atoms with Gasteiger partial charge in [-0.3, -0.25) is 4.79 Å². The van der Waals surface area contributed by atoms with Crippen LogP contribution in [0.15, 0.2) is 28.7 Å². The van der Waals surface area contributed by atoms with Gasteiger partial charge < -0.3 is 14.1 Å². The van der Waals surface area contributed by atoms with E-state index in [0.29, 0.717) is 5.89 Å². The van der Waals surface area contributed by atoms with Crippen molar-refractivity contribution in [3.63, 3.8) is 0 Å². The van der Waals surface area contributed by atoms with Crippen LogP contribution in [0.3, 0.4) is 0 Å². The summed E-state index contributed by atoms with van der Waals surface area (Å²) in [5.41, 5.74) is 0.767. The highest BCUT2D eigenvalue weighted by Gasteiger charge is 2.29. The third-order valence-corrected chi connectivity index (χ3v) is 4.30. The van der Waals surface area contributed by atoms with Gasteiger partial charge in [-0.25, -0.2) is 0 Å². The fraction of sp³-hybridized carbons (Fsp3) is 0.471. The van der Waals surface area contributed by atoms with Crippen molar-refractivity contribution in [2.75, 3.05) is 13.7 Å². The number of hydrogen-bond donors (Lipinski definition) is 0. The van der Waals surface area contributed by atoms with E-state index in [1.165, 1.54) is 6.42 Å². The number of benzene rings is 1. The number of nitrogens with zero attached hydrogens (tertiary/aromatic N) is 3. The number of methoxy groups -OCH3 is 1. The fourth-order valence-corrected chi connectivity index (χ4v) is 2.98. The summed E-state index contributed by atoms with van der Waals surface area (Å²) in [5.74, 6) is 1.00. The van der Waals surface area contributed by atoms with Crippen LogP contribution in [0.2, 0.25) is 0 Å². The Morgan fingerprint density at radius 2 is 2.09 bits per heavy atom. The number of likely N-dealkylation sites (tertiary alicyclic amines) is 1. The monoisotopic (exact) mass is 315 g/mol. The van der Waals surface area contributed by atoms with E-state index >= 15 is 0 Å². The average molecular weight is 315 g/mol. The molecule has 1 aromatic heterocycles. The number of amides is 1. The molecular weight excluding hydrogens is 294 g/mol. The van der Waals surface area contributed by atoms with Crippen LogP contribution in [0.1, 0.15) is 43.3 Å². The molecule has 0 aliphatic carbocycles. The summed E-state index contributed by atoms with van der Waals surface area (Å²) in [4.78, 5) is 14.5. The van der Waals surface area contributed by atoms with Crippen LogP contribution in [0.25, 0.3) is 11.5 Å². The number of carbonyl (C=O) groups excluding carboxylic acids is 1. The maximum Gasteiger partial charge on any atom is 0.311 e. The van der Waals surface area contributed by atoms with Crippen molar-refractivity contribution in [2.45, 2.75) is 38.6 Å². The molecule has 2 heterocycles. The number of carbonyl (C=O) groups is 1. The Kier molecular flexibility index (Phi) is 4.60. The molecule has 6 nitrogen and oxygen atoms in total. The number of hydrogen-bond acceptors (Lipinski definition) is 5. The van der Waals surface area contributed by atoms with Gasteiger partial charge in [0.05, 0.1) is 7.11 Å². The second-order valence-corrected chi connectivity index (χ2v) is 5.70. The van der Waals surface area contributed by atoms with Crippen LogP contribution in [0, 0.1) is 0 Å². The van der Waals surface area contributed by atoms with Crippen molar-refractivity contribution in [3.05, 3.63) is 30.2 Å². The predicted molar refractivity (Wildman–Crippen MR) is 85.3 cm³/mol. The quantitative estimate of drug-likeness (QED) is 0.867. The fourth-order valence-electron chi connectivity index (χ4n) is 2.98. The lowest BCUT2D eigenvalue weighted by atomic mass is 10.00. The number of ether oxygens (including phenoxy) is 1. The van der Waals surface area contributed by atoms with Gasteiger partial charge >= 0.3 is 11.8 Å². The van der Waals surface area contributed by atoms with Gasteiger partial charge in [-0.2, -0.15) is 0 Å². The van der Waals surface area contributed by atoms with Gasteiger partial charge in [0.15, 0.2) is 0 Å². The van der Waals surface area contributed by atoms with Gasteiger partial charge in [0.1, 0.15) is 5.75 Å². The molecule has 1 saturated heterocycles. The summed E-state index contributed by atoms with van der Waals surface area (Å²) < 4.78 is 10.7. The molecule has 6 heteroatoms. The van der Waals surface area contributed by atoms with E-state index in [2.05, 4.69) is 17.1 Å². The summed E-state index contributed by atoms with van der Waals surface area (Å²) in [5, 5.41) is 7.94. The van der Waals surface area contributed by atoms with Crippen LogP contribution >= 0.6 is 0 Å². The van der Waals surface area contributed by atoms with E-state index in [9.17, 15) is 4.79 Å². The Bertz CT molecular complexity index is 666. The second-order valence-electron chi connectivity index (χ2n) is 5.70. The zero-order chi connectivity index (χ0) is 16.2. The first-order valence-electron chi connectivity index (χ1n) is 8.01. The largest absolute Gasteiger partial charge is 0.497 e. The molecule has 1 atom stereocenters. The summed E-state index contributed by atoms with van der Waals surface area (Å²) in [6.45, 7) is 2.87. The minimum absolute atomic E-state index is 0.0659. The highest BCUT2D eigenvalue weighted by Crippen LogP contribution is 2.24. The normalized spacial score (nSPS) is 18.0. The van der Waals surface area contributed by atoms with Gasteiger partial charge in [-0.05, 0) is 49.9 Å². The molecule has 23 heavy (non-hydrogen) atoms. The number of rotatable bonds is 4. The number of piperidine rings is 1. The van der Waals surface area contributed by atoms with Gasteiger partial charge in [-0.1, -0.05) is 6.92 Å². The molecule has 1 unspecified atom stereocenters. The molecule has 0 saturated carbocycles. The molecule has 2 aromatic rings. The molecule has 1 fully saturated rings. The summed E-state index contributed by atoms with van der Waals surface area (Å²) in [7, 11) is 1.61. The van der Waals surface area contributed by atoms with Crippen LogP contribution in [0.5, 0.6) is 5.75 Å². The Morgan fingerprint density at radius 1 is 1.30 bits per heavy atom. The summed E-state index contributed by atoms with van der Waals surface area (Å²) in [6.07, 6.45) is 4.19. The number of aromatic nitrogens is 2. The van der Waals surface area contributed by atoms with E-state index < -0.39 is 0 Å². The zero-order valence-electron chi connectivity index (χ0n) is 13.5. The predicted octanol–water partition coefficient (Wildman–Crippen LogP) is 3.15. The van der Waals surface area contributed by atoms with Crippen molar-refractivity contribution in [3.8, 4) is 17.2 Å². The first kappa shape index (κ1) is 15.5. The standard InChI is InChI=1S/C17H21N3O3/c1-3-13-6-4-5-11-20(13)17(21)16-19-18-15(23-16)12-7-9-14(22-2)10-8-12/h7-10,13H,3-6,11H2,1-2H3. The highest BCUT2D eigenvalue weighted by atomic mass is 16.5. The molecule has 0 spiro atoms. The van der Waals surface area contributed by atoms with E-state index in [1.54, 1.807) is 7.11 Å². The molecule has 122 valence electrons. The average Bonchev–Trinajstić information content (AvgIpc) is 3.11. The third kappa shape index (κ3) is 3.21. The van der Waals surface area contributed by atoms with Crippen molar-refractivity contribution < 1.29 is 13.9 Å². The highest BCUT2D eigenvalue weighted by molar-refractivity contribution is 5.90. The Hall–Kier alpha value is -2.37. The van der Waals surface area contributed by atoms with Crippen molar-refractivity contribution in [2.24, 2.45) is 0 Å². The maximum atomic E-state index is 12.6. The maximum absolute atomic E-state index is 12.6. The topological polar surface area (TPSA) is 68.5 Å². The van der Waals surface area contributed by atoms with Gasteiger partial charge in [0, 0.05) is 18.2 Å². The molecule has 1 aliphatic heterocycles. The van der Waals surface area contributed by atoms with Crippen molar-refractivity contribution in [1.29, 1.82) is 0 Å². The SMILES string of the molecule is CCC1CCCCN1C(=O)c1nnc(-c2ccc(OC)cc2)o1. The van der Waals surface area contributed by atoms with Crippen LogP contribution < -0.4 is 4.74 Å². The molecule has 1 aromatic carbocycles.